The quantitative estimate of drug-likeness (QED) is 0.678. The van der Waals surface area contributed by atoms with Gasteiger partial charge in [0.1, 0.15) is 0 Å². The van der Waals surface area contributed by atoms with Crippen LogP contribution in [0.4, 0.5) is 0 Å². The van der Waals surface area contributed by atoms with E-state index in [0.717, 1.165) is 23.7 Å². The molecule has 0 aromatic heterocycles. The SMILES string of the molecule is CC1CCC(CCC2CCC(C)CC2)CC1.O.[HH]. The molecular formula is C16H34O. The van der Waals surface area contributed by atoms with Gasteiger partial charge in [-0.2, -0.15) is 0 Å². The third-order valence-electron chi connectivity index (χ3n) is 5.25. The van der Waals surface area contributed by atoms with E-state index in [9.17, 15) is 0 Å². The van der Waals surface area contributed by atoms with Crippen LogP contribution in [0.2, 0.25) is 0 Å². The fraction of sp³-hybridized carbons (Fsp3) is 1.00. The molecule has 2 fully saturated rings. The van der Waals surface area contributed by atoms with Crippen molar-refractivity contribution < 1.29 is 6.90 Å². The molecule has 104 valence electrons. The Morgan fingerprint density at radius 2 is 0.941 bits per heavy atom. The molecule has 2 rings (SSSR count). The van der Waals surface area contributed by atoms with E-state index in [-0.39, 0.29) is 6.90 Å². The topological polar surface area (TPSA) is 31.5 Å². The van der Waals surface area contributed by atoms with Gasteiger partial charge in [-0.1, -0.05) is 78.1 Å². The number of hydrogen-bond donors (Lipinski definition) is 0. The van der Waals surface area contributed by atoms with Crippen LogP contribution in [0, 0.1) is 23.7 Å². The highest BCUT2D eigenvalue weighted by Crippen LogP contribution is 2.36. The molecule has 2 N–H and O–H groups in total. The van der Waals surface area contributed by atoms with E-state index in [1.807, 2.05) is 0 Å². The monoisotopic (exact) mass is 242 g/mol. The Bertz CT molecular complexity index is 169. The molecule has 0 radical (unpaired) electrons. The van der Waals surface area contributed by atoms with Crippen molar-refractivity contribution in [3.05, 3.63) is 0 Å². The predicted octanol–water partition coefficient (Wildman–Crippen LogP) is 4.84. The van der Waals surface area contributed by atoms with Gasteiger partial charge in [0.05, 0.1) is 0 Å². The molecular weight excluding hydrogens is 208 g/mol. The Morgan fingerprint density at radius 3 is 1.24 bits per heavy atom. The molecule has 0 atom stereocenters. The van der Waals surface area contributed by atoms with Gasteiger partial charge in [-0.25, -0.2) is 0 Å². The highest BCUT2D eigenvalue weighted by atomic mass is 16.0. The Morgan fingerprint density at radius 1 is 0.647 bits per heavy atom. The summed E-state index contributed by atoms with van der Waals surface area (Å²) in [4.78, 5) is 0. The van der Waals surface area contributed by atoms with Crippen molar-refractivity contribution in [1.29, 1.82) is 0 Å². The van der Waals surface area contributed by atoms with Gasteiger partial charge in [0.15, 0.2) is 0 Å². The highest BCUT2D eigenvalue weighted by Gasteiger charge is 2.22. The maximum atomic E-state index is 2.43. The lowest BCUT2D eigenvalue weighted by Crippen LogP contribution is -2.16. The van der Waals surface area contributed by atoms with Crippen molar-refractivity contribution in [3.8, 4) is 0 Å². The average molecular weight is 242 g/mol. The summed E-state index contributed by atoms with van der Waals surface area (Å²) in [7, 11) is 0. The van der Waals surface area contributed by atoms with Crippen molar-refractivity contribution in [1.82, 2.24) is 0 Å². The zero-order chi connectivity index (χ0) is 11.4. The second-order valence-corrected chi connectivity index (χ2v) is 6.83. The van der Waals surface area contributed by atoms with Crippen LogP contribution >= 0.6 is 0 Å². The van der Waals surface area contributed by atoms with Crippen LogP contribution in [-0.4, -0.2) is 5.48 Å². The van der Waals surface area contributed by atoms with Gasteiger partial charge in [-0.3, -0.25) is 0 Å². The van der Waals surface area contributed by atoms with Gasteiger partial charge in [0.25, 0.3) is 0 Å². The summed E-state index contributed by atoms with van der Waals surface area (Å²) in [6.45, 7) is 4.86. The molecule has 0 aromatic carbocycles. The van der Waals surface area contributed by atoms with Crippen LogP contribution in [0.15, 0.2) is 0 Å². The Balaban J connectivity index is 0.00000144. The lowest BCUT2D eigenvalue weighted by Gasteiger charge is -2.30. The Kier molecular flexibility index (Phi) is 6.54. The van der Waals surface area contributed by atoms with E-state index in [4.69, 9.17) is 0 Å². The van der Waals surface area contributed by atoms with E-state index in [2.05, 4.69) is 13.8 Å². The first kappa shape index (κ1) is 15.0. The molecule has 0 amide bonds. The zero-order valence-corrected chi connectivity index (χ0v) is 11.9. The van der Waals surface area contributed by atoms with E-state index in [1.165, 1.54) is 51.4 Å². The maximum Gasteiger partial charge on any atom is 0 e. The fourth-order valence-electron chi connectivity index (χ4n) is 3.71. The third kappa shape index (κ3) is 4.99. The van der Waals surface area contributed by atoms with E-state index >= 15 is 0 Å². The van der Waals surface area contributed by atoms with Crippen LogP contribution in [0.1, 0.15) is 79.5 Å². The molecule has 2 aliphatic rings. The normalized spacial score (nSPS) is 38.5. The smallest absolute Gasteiger partial charge is 0 e. The van der Waals surface area contributed by atoms with Crippen molar-refractivity contribution in [3.63, 3.8) is 0 Å². The summed E-state index contributed by atoms with van der Waals surface area (Å²) in [6, 6.07) is 0. The summed E-state index contributed by atoms with van der Waals surface area (Å²) in [5, 5.41) is 0. The molecule has 0 heterocycles. The van der Waals surface area contributed by atoms with Crippen molar-refractivity contribution in [2.24, 2.45) is 23.7 Å². The minimum Gasteiger partial charge on any atom is -0.412 e. The molecule has 1 heteroatoms. The van der Waals surface area contributed by atoms with Crippen molar-refractivity contribution >= 4 is 0 Å². The fourth-order valence-corrected chi connectivity index (χ4v) is 3.71. The van der Waals surface area contributed by atoms with Crippen LogP contribution in [0.3, 0.4) is 0 Å². The summed E-state index contributed by atoms with van der Waals surface area (Å²) in [5.41, 5.74) is 0. The first-order valence-corrected chi connectivity index (χ1v) is 7.74. The van der Waals surface area contributed by atoms with E-state index in [0.29, 0.717) is 0 Å². The lowest BCUT2D eigenvalue weighted by atomic mass is 9.76. The molecule has 0 bridgehead atoms. The van der Waals surface area contributed by atoms with E-state index in [1.54, 1.807) is 12.8 Å². The van der Waals surface area contributed by atoms with Gasteiger partial charge in [-0.15, -0.1) is 0 Å². The molecule has 2 saturated carbocycles. The van der Waals surface area contributed by atoms with Crippen molar-refractivity contribution in [2.75, 3.05) is 0 Å². The molecule has 0 saturated heterocycles. The van der Waals surface area contributed by atoms with Crippen molar-refractivity contribution in [2.45, 2.75) is 78.1 Å². The Labute approximate surface area is 109 Å². The minimum atomic E-state index is 0. The standard InChI is InChI=1S/C16H30.H2O.H2/c1-13-3-7-15(8-4-13)11-12-16-9-5-14(2)6-10-16;;/h13-16H,3-12H2,1-2H3;1H2;1H. The molecule has 0 spiro atoms. The maximum absolute atomic E-state index is 2.43. The molecule has 17 heavy (non-hydrogen) atoms. The summed E-state index contributed by atoms with van der Waals surface area (Å²) in [6.07, 6.45) is 15.2. The number of hydrogen-bond acceptors (Lipinski definition) is 0. The van der Waals surface area contributed by atoms with Gasteiger partial charge in [0, 0.05) is 1.43 Å². The molecule has 0 unspecified atom stereocenters. The van der Waals surface area contributed by atoms with Crippen LogP contribution < -0.4 is 0 Å². The summed E-state index contributed by atoms with van der Waals surface area (Å²) >= 11 is 0. The first-order chi connectivity index (χ1) is 7.74. The van der Waals surface area contributed by atoms with Gasteiger partial charge >= 0.3 is 0 Å². The molecule has 1 nitrogen and oxygen atoms in total. The van der Waals surface area contributed by atoms with Crippen LogP contribution in [-0.2, 0) is 0 Å². The third-order valence-corrected chi connectivity index (χ3v) is 5.25. The molecule has 2 aliphatic carbocycles. The molecule has 0 aliphatic heterocycles. The summed E-state index contributed by atoms with van der Waals surface area (Å²) < 4.78 is 0. The molecule has 0 aromatic rings. The largest absolute Gasteiger partial charge is 0.412 e. The highest BCUT2D eigenvalue weighted by molar-refractivity contribution is 4.74. The predicted molar refractivity (Wildman–Crippen MR) is 77.2 cm³/mol. The van der Waals surface area contributed by atoms with Gasteiger partial charge in [0.2, 0.25) is 0 Å². The zero-order valence-electron chi connectivity index (χ0n) is 11.9. The Hall–Kier alpha value is -0.0400. The van der Waals surface area contributed by atoms with Gasteiger partial charge < -0.3 is 5.48 Å². The second kappa shape index (κ2) is 7.41. The van der Waals surface area contributed by atoms with Gasteiger partial charge in [-0.05, 0) is 23.7 Å². The first-order valence-electron chi connectivity index (χ1n) is 7.74. The summed E-state index contributed by atoms with van der Waals surface area (Å²) in [5.74, 6) is 4.23. The van der Waals surface area contributed by atoms with Crippen LogP contribution in [0.25, 0.3) is 0 Å². The average Bonchev–Trinajstić information content (AvgIpc) is 2.30. The second-order valence-electron chi connectivity index (χ2n) is 6.83. The minimum absolute atomic E-state index is 0. The van der Waals surface area contributed by atoms with E-state index < -0.39 is 0 Å². The number of rotatable bonds is 3. The lowest BCUT2D eigenvalue weighted by molar-refractivity contribution is 0.227. The van der Waals surface area contributed by atoms with Crippen LogP contribution in [0.5, 0.6) is 0 Å².